The molecule has 34 heavy (non-hydrogen) atoms. The van der Waals surface area contributed by atoms with Gasteiger partial charge in [0.05, 0.1) is 12.1 Å². The van der Waals surface area contributed by atoms with Gasteiger partial charge in [0.2, 0.25) is 11.8 Å². The smallest absolute Gasteiger partial charge is 0.353 e. The highest BCUT2D eigenvalue weighted by Gasteiger charge is 2.30. The molecule has 1 saturated heterocycles. The second-order valence-corrected chi connectivity index (χ2v) is 7.56. The molecule has 3 rings (SSSR count). The van der Waals surface area contributed by atoms with E-state index in [2.05, 4.69) is 16.0 Å². The molecule has 11 heteroatoms. The predicted octanol–water partition coefficient (Wildman–Crippen LogP) is 2.11. The largest absolute Gasteiger partial charge is 0.416 e. The van der Waals surface area contributed by atoms with Gasteiger partial charge in [-0.25, -0.2) is 0 Å². The van der Waals surface area contributed by atoms with Crippen molar-refractivity contribution in [3.8, 4) is 0 Å². The fourth-order valence-electron chi connectivity index (χ4n) is 3.33. The molecule has 8 nitrogen and oxygen atoms in total. The molecule has 180 valence electrons. The zero-order valence-corrected chi connectivity index (χ0v) is 18.1. The number of nitrogens with one attached hydrogen (secondary N) is 3. The maximum absolute atomic E-state index is 12.6. The molecule has 0 saturated carbocycles. The number of hydrogen-bond donors (Lipinski definition) is 3. The fourth-order valence-corrected chi connectivity index (χ4v) is 3.33. The Morgan fingerprint density at radius 2 is 1.38 bits per heavy atom. The summed E-state index contributed by atoms with van der Waals surface area (Å²) in [5.74, 6) is -1.46. The van der Waals surface area contributed by atoms with Crippen LogP contribution in [0.25, 0.3) is 0 Å². The molecular formula is C23H23F3N4O4. The summed E-state index contributed by atoms with van der Waals surface area (Å²) in [5, 5.41) is 7.48. The van der Waals surface area contributed by atoms with Crippen LogP contribution in [0.3, 0.4) is 0 Å². The van der Waals surface area contributed by atoms with Gasteiger partial charge < -0.3 is 20.9 Å². The normalized spacial score (nSPS) is 13.5. The van der Waals surface area contributed by atoms with Gasteiger partial charge in [0.1, 0.15) is 0 Å². The second kappa shape index (κ2) is 10.8. The lowest BCUT2D eigenvalue weighted by molar-refractivity contribution is -0.137. The molecule has 2 aromatic rings. The number of benzene rings is 2. The van der Waals surface area contributed by atoms with E-state index in [4.69, 9.17) is 0 Å². The maximum atomic E-state index is 12.6. The molecule has 0 unspecified atom stereocenters. The van der Waals surface area contributed by atoms with Gasteiger partial charge in [0.25, 0.3) is 11.8 Å². The van der Waals surface area contributed by atoms with E-state index in [1.807, 2.05) is 0 Å². The number of nitrogens with zero attached hydrogens (tertiary/aromatic N) is 1. The van der Waals surface area contributed by atoms with E-state index in [0.717, 1.165) is 36.4 Å². The average molecular weight is 476 g/mol. The first kappa shape index (κ1) is 24.7. The number of rotatable bonds is 8. The van der Waals surface area contributed by atoms with Crippen LogP contribution in [0.4, 0.5) is 18.9 Å². The highest BCUT2D eigenvalue weighted by Crippen LogP contribution is 2.29. The molecule has 0 radical (unpaired) electrons. The van der Waals surface area contributed by atoms with Gasteiger partial charge in [-0.1, -0.05) is 0 Å². The van der Waals surface area contributed by atoms with Crippen molar-refractivity contribution in [2.45, 2.75) is 19.0 Å². The minimum absolute atomic E-state index is 0.0458. The van der Waals surface area contributed by atoms with E-state index in [0.29, 0.717) is 18.5 Å². The quantitative estimate of drug-likeness (QED) is 0.508. The Kier molecular flexibility index (Phi) is 7.87. The van der Waals surface area contributed by atoms with Crippen LogP contribution < -0.4 is 20.9 Å². The van der Waals surface area contributed by atoms with Crippen molar-refractivity contribution in [2.24, 2.45) is 0 Å². The van der Waals surface area contributed by atoms with Crippen molar-refractivity contribution in [1.82, 2.24) is 16.0 Å². The summed E-state index contributed by atoms with van der Waals surface area (Å²) in [6, 6.07) is 10.3. The van der Waals surface area contributed by atoms with Crippen LogP contribution in [0.1, 0.15) is 39.1 Å². The van der Waals surface area contributed by atoms with Crippen molar-refractivity contribution in [1.29, 1.82) is 0 Å². The Hall–Kier alpha value is -3.89. The zero-order valence-electron chi connectivity index (χ0n) is 18.1. The van der Waals surface area contributed by atoms with Gasteiger partial charge in [-0.15, -0.1) is 0 Å². The molecule has 4 amide bonds. The maximum Gasteiger partial charge on any atom is 0.416 e. The monoisotopic (exact) mass is 476 g/mol. The highest BCUT2D eigenvalue weighted by molar-refractivity contribution is 5.98. The molecule has 0 bridgehead atoms. The second-order valence-electron chi connectivity index (χ2n) is 7.56. The first-order valence-electron chi connectivity index (χ1n) is 10.6. The van der Waals surface area contributed by atoms with Crippen LogP contribution in [-0.4, -0.2) is 49.8 Å². The molecule has 1 fully saturated rings. The minimum atomic E-state index is -4.48. The summed E-state index contributed by atoms with van der Waals surface area (Å²) in [4.78, 5) is 49.5. The van der Waals surface area contributed by atoms with E-state index in [-0.39, 0.29) is 31.1 Å². The Labute approximate surface area is 193 Å². The molecule has 3 N–H and O–H groups in total. The van der Waals surface area contributed by atoms with Gasteiger partial charge in [-0.3, -0.25) is 19.2 Å². The zero-order chi connectivity index (χ0) is 24.7. The van der Waals surface area contributed by atoms with Crippen LogP contribution in [0.5, 0.6) is 0 Å². The number of carbonyl (C=O) groups is 4. The van der Waals surface area contributed by atoms with Gasteiger partial charge >= 0.3 is 6.18 Å². The molecule has 1 aliphatic heterocycles. The van der Waals surface area contributed by atoms with Crippen LogP contribution >= 0.6 is 0 Å². The lowest BCUT2D eigenvalue weighted by Gasteiger charge is -2.15. The predicted molar refractivity (Wildman–Crippen MR) is 117 cm³/mol. The molecular weight excluding hydrogens is 453 g/mol. The number of anilines is 1. The number of carbonyl (C=O) groups excluding carboxylic acids is 4. The highest BCUT2D eigenvalue weighted by atomic mass is 19.4. The van der Waals surface area contributed by atoms with Crippen molar-refractivity contribution in [3.63, 3.8) is 0 Å². The van der Waals surface area contributed by atoms with E-state index < -0.39 is 29.5 Å². The van der Waals surface area contributed by atoms with Gasteiger partial charge in [-0.2, -0.15) is 13.2 Å². The first-order valence-corrected chi connectivity index (χ1v) is 10.6. The third-order valence-electron chi connectivity index (χ3n) is 5.13. The average Bonchev–Trinajstić information content (AvgIpc) is 3.25. The van der Waals surface area contributed by atoms with Crippen LogP contribution in [0.2, 0.25) is 0 Å². The minimum Gasteiger partial charge on any atom is -0.353 e. The number of hydrogen-bond acceptors (Lipinski definition) is 4. The Bertz CT molecular complexity index is 1050. The third-order valence-corrected chi connectivity index (χ3v) is 5.13. The molecule has 0 spiro atoms. The standard InChI is InChI=1S/C23H23F3N4O4/c24-23(25,26)17-7-3-15(4-8-17)21(33)28-12-11-27-19(31)14-29-22(34)16-5-9-18(10-6-16)30-13-1-2-20(30)32/h3-10H,1-2,11-14H2,(H,27,31)(H,28,33)(H,29,34). The Morgan fingerprint density at radius 3 is 1.94 bits per heavy atom. The topological polar surface area (TPSA) is 108 Å². The first-order chi connectivity index (χ1) is 16.1. The fraction of sp³-hybridized carbons (Fsp3) is 0.304. The number of alkyl halides is 3. The van der Waals surface area contributed by atoms with E-state index in [9.17, 15) is 32.3 Å². The summed E-state index contributed by atoms with van der Waals surface area (Å²) < 4.78 is 37.7. The van der Waals surface area contributed by atoms with Crippen molar-refractivity contribution in [2.75, 3.05) is 31.1 Å². The number of halogens is 3. The van der Waals surface area contributed by atoms with Crippen molar-refractivity contribution in [3.05, 3.63) is 65.2 Å². The van der Waals surface area contributed by atoms with Crippen LogP contribution in [0.15, 0.2) is 48.5 Å². The summed E-state index contributed by atoms with van der Waals surface area (Å²) in [7, 11) is 0. The van der Waals surface area contributed by atoms with Crippen molar-refractivity contribution >= 4 is 29.3 Å². The lowest BCUT2D eigenvalue weighted by Crippen LogP contribution is -2.40. The summed E-state index contributed by atoms with van der Waals surface area (Å²) >= 11 is 0. The van der Waals surface area contributed by atoms with Crippen LogP contribution in [-0.2, 0) is 15.8 Å². The van der Waals surface area contributed by atoms with E-state index >= 15 is 0 Å². The molecule has 1 aliphatic rings. The molecule has 2 aromatic carbocycles. The van der Waals surface area contributed by atoms with E-state index in [1.165, 1.54) is 0 Å². The lowest BCUT2D eigenvalue weighted by atomic mass is 10.1. The third kappa shape index (κ3) is 6.56. The Balaban J connectivity index is 1.35. The SMILES string of the molecule is O=C(CNC(=O)c1ccc(N2CCCC2=O)cc1)NCCNC(=O)c1ccc(C(F)(F)F)cc1. The van der Waals surface area contributed by atoms with Gasteiger partial charge in [0.15, 0.2) is 0 Å². The molecule has 1 heterocycles. The molecule has 0 aromatic heterocycles. The van der Waals surface area contributed by atoms with Crippen LogP contribution in [0, 0.1) is 0 Å². The summed E-state index contributed by atoms with van der Waals surface area (Å²) in [6.07, 6.45) is -3.17. The van der Waals surface area contributed by atoms with E-state index in [1.54, 1.807) is 29.2 Å². The number of amides is 4. The summed E-state index contributed by atoms with van der Waals surface area (Å²) in [5.41, 5.74) is 0.268. The molecule has 0 aliphatic carbocycles. The summed E-state index contributed by atoms with van der Waals surface area (Å²) in [6.45, 7) is 0.489. The van der Waals surface area contributed by atoms with Gasteiger partial charge in [0, 0.05) is 42.9 Å². The Morgan fingerprint density at radius 1 is 0.824 bits per heavy atom. The van der Waals surface area contributed by atoms with Crippen molar-refractivity contribution < 1.29 is 32.3 Å². The van der Waals surface area contributed by atoms with Gasteiger partial charge in [-0.05, 0) is 55.0 Å². The molecule has 0 atom stereocenters.